The summed E-state index contributed by atoms with van der Waals surface area (Å²) in [5, 5.41) is 7.08. The first-order valence-corrected chi connectivity index (χ1v) is 8.76. The van der Waals surface area contributed by atoms with Crippen molar-refractivity contribution in [3.05, 3.63) is 11.7 Å². The standard InChI is InChI=1S/C17H31N5O2/c1-12(2)15-19-14(20-24-15)8-9-21(6)16(23)18-13-7-10-22(11-13)17(3,4)5/h12-13H,7-11H2,1-6H3,(H,18,23). The van der Waals surface area contributed by atoms with Gasteiger partial charge in [-0.3, -0.25) is 4.90 Å². The minimum absolute atomic E-state index is 0.0386. The van der Waals surface area contributed by atoms with E-state index in [0.717, 1.165) is 19.5 Å². The molecule has 1 aliphatic rings. The molecule has 7 nitrogen and oxygen atoms in total. The van der Waals surface area contributed by atoms with Crippen molar-refractivity contribution in [2.75, 3.05) is 26.7 Å². The first-order valence-electron chi connectivity index (χ1n) is 8.76. The number of urea groups is 1. The van der Waals surface area contributed by atoms with Crippen LogP contribution in [0.2, 0.25) is 0 Å². The van der Waals surface area contributed by atoms with Crippen LogP contribution >= 0.6 is 0 Å². The third-order valence-electron chi connectivity index (χ3n) is 4.46. The van der Waals surface area contributed by atoms with E-state index in [1.165, 1.54) is 0 Å². The van der Waals surface area contributed by atoms with Crippen molar-refractivity contribution in [1.82, 2.24) is 25.3 Å². The van der Waals surface area contributed by atoms with E-state index in [0.29, 0.717) is 24.7 Å². The summed E-state index contributed by atoms with van der Waals surface area (Å²) in [6.07, 6.45) is 1.60. The van der Waals surface area contributed by atoms with Crippen LogP contribution < -0.4 is 5.32 Å². The second-order valence-electron chi connectivity index (χ2n) is 7.93. The Bertz CT molecular complexity index is 549. The summed E-state index contributed by atoms with van der Waals surface area (Å²) >= 11 is 0. The maximum absolute atomic E-state index is 12.3. The number of aromatic nitrogens is 2. The van der Waals surface area contributed by atoms with E-state index in [-0.39, 0.29) is 23.5 Å². The van der Waals surface area contributed by atoms with Crippen LogP contribution in [0.3, 0.4) is 0 Å². The Kier molecular flexibility index (Phi) is 5.85. The Labute approximate surface area is 144 Å². The molecule has 1 aromatic rings. The van der Waals surface area contributed by atoms with Gasteiger partial charge in [-0.15, -0.1) is 0 Å². The monoisotopic (exact) mass is 337 g/mol. The third-order valence-corrected chi connectivity index (χ3v) is 4.46. The van der Waals surface area contributed by atoms with Gasteiger partial charge in [0.25, 0.3) is 0 Å². The van der Waals surface area contributed by atoms with Gasteiger partial charge < -0.3 is 14.7 Å². The lowest BCUT2D eigenvalue weighted by Gasteiger charge is -2.31. The van der Waals surface area contributed by atoms with E-state index in [4.69, 9.17) is 4.52 Å². The number of hydrogen-bond donors (Lipinski definition) is 1. The van der Waals surface area contributed by atoms with Crippen LogP contribution in [0.25, 0.3) is 0 Å². The molecule has 7 heteroatoms. The van der Waals surface area contributed by atoms with E-state index in [9.17, 15) is 4.79 Å². The van der Waals surface area contributed by atoms with Crippen LogP contribution in [0.5, 0.6) is 0 Å². The van der Waals surface area contributed by atoms with Crippen molar-refractivity contribution < 1.29 is 9.32 Å². The molecule has 0 saturated carbocycles. The summed E-state index contributed by atoms with van der Waals surface area (Å²) in [6.45, 7) is 13.2. The highest BCUT2D eigenvalue weighted by molar-refractivity contribution is 5.74. The van der Waals surface area contributed by atoms with Gasteiger partial charge in [-0.1, -0.05) is 19.0 Å². The number of likely N-dealkylation sites (tertiary alicyclic amines) is 1. The van der Waals surface area contributed by atoms with Crippen molar-refractivity contribution >= 4 is 6.03 Å². The summed E-state index contributed by atoms with van der Waals surface area (Å²) in [7, 11) is 1.80. The second kappa shape index (κ2) is 7.51. The molecular formula is C17H31N5O2. The van der Waals surface area contributed by atoms with E-state index >= 15 is 0 Å². The first kappa shape index (κ1) is 18.7. The molecule has 1 aromatic heterocycles. The molecule has 0 radical (unpaired) electrons. The lowest BCUT2D eigenvalue weighted by molar-refractivity contribution is 0.168. The van der Waals surface area contributed by atoms with E-state index < -0.39 is 0 Å². The van der Waals surface area contributed by atoms with Gasteiger partial charge in [-0.25, -0.2) is 4.79 Å². The lowest BCUT2D eigenvalue weighted by atomic mass is 10.1. The number of hydrogen-bond acceptors (Lipinski definition) is 5. The Hall–Kier alpha value is -1.63. The maximum atomic E-state index is 12.3. The summed E-state index contributed by atoms with van der Waals surface area (Å²) in [6, 6.07) is 0.181. The van der Waals surface area contributed by atoms with Crippen molar-refractivity contribution in [2.24, 2.45) is 0 Å². The summed E-state index contributed by atoms with van der Waals surface area (Å²) in [5.74, 6) is 1.52. The summed E-state index contributed by atoms with van der Waals surface area (Å²) in [5.41, 5.74) is 0.151. The van der Waals surface area contributed by atoms with E-state index in [1.807, 2.05) is 13.8 Å². The molecular weight excluding hydrogens is 306 g/mol. The molecule has 1 fully saturated rings. The fourth-order valence-corrected chi connectivity index (χ4v) is 2.74. The maximum Gasteiger partial charge on any atom is 0.317 e. The largest absolute Gasteiger partial charge is 0.339 e. The normalized spacial score (nSPS) is 19.0. The topological polar surface area (TPSA) is 74.5 Å². The molecule has 1 aliphatic heterocycles. The minimum Gasteiger partial charge on any atom is -0.339 e. The Morgan fingerprint density at radius 1 is 1.46 bits per heavy atom. The molecule has 1 unspecified atom stereocenters. The van der Waals surface area contributed by atoms with Gasteiger partial charge in [0.15, 0.2) is 5.82 Å². The molecule has 1 N–H and O–H groups in total. The number of nitrogens with zero attached hydrogens (tertiary/aromatic N) is 4. The molecule has 1 saturated heterocycles. The molecule has 0 spiro atoms. The summed E-state index contributed by atoms with van der Waals surface area (Å²) in [4.78, 5) is 20.8. The van der Waals surface area contributed by atoms with Gasteiger partial charge in [0.05, 0.1) is 0 Å². The molecule has 1 atom stereocenters. The molecule has 24 heavy (non-hydrogen) atoms. The van der Waals surface area contributed by atoms with Crippen LogP contribution in [-0.2, 0) is 6.42 Å². The van der Waals surface area contributed by atoms with Gasteiger partial charge >= 0.3 is 6.03 Å². The van der Waals surface area contributed by atoms with Gasteiger partial charge in [0.1, 0.15) is 0 Å². The van der Waals surface area contributed by atoms with Crippen molar-refractivity contribution in [3.63, 3.8) is 0 Å². The second-order valence-corrected chi connectivity index (χ2v) is 7.93. The fourth-order valence-electron chi connectivity index (χ4n) is 2.74. The van der Waals surface area contributed by atoms with Gasteiger partial charge in [-0.05, 0) is 27.2 Å². The summed E-state index contributed by atoms with van der Waals surface area (Å²) < 4.78 is 5.18. The quantitative estimate of drug-likeness (QED) is 0.892. The predicted octanol–water partition coefficient (Wildman–Crippen LogP) is 2.25. The molecule has 2 amide bonds. The Morgan fingerprint density at radius 2 is 2.17 bits per heavy atom. The van der Waals surface area contributed by atoms with Crippen LogP contribution in [-0.4, -0.2) is 64.2 Å². The number of carbonyl (C=O) groups excluding carboxylic acids is 1. The average molecular weight is 337 g/mol. The molecule has 2 rings (SSSR count). The molecule has 0 bridgehead atoms. The highest BCUT2D eigenvalue weighted by Crippen LogP contribution is 2.20. The number of amides is 2. The Balaban J connectivity index is 1.76. The first-order chi connectivity index (χ1) is 11.2. The van der Waals surface area contributed by atoms with Crippen molar-refractivity contribution in [2.45, 2.75) is 65.0 Å². The fraction of sp³-hybridized carbons (Fsp3) is 0.824. The van der Waals surface area contributed by atoms with Gasteiger partial charge in [0, 0.05) is 50.6 Å². The van der Waals surface area contributed by atoms with Crippen LogP contribution in [0.15, 0.2) is 4.52 Å². The zero-order valence-electron chi connectivity index (χ0n) is 15.8. The lowest BCUT2D eigenvalue weighted by Crippen LogP contribution is -2.46. The third kappa shape index (κ3) is 4.93. The zero-order valence-corrected chi connectivity index (χ0v) is 15.8. The minimum atomic E-state index is -0.0386. The number of nitrogens with one attached hydrogen (secondary N) is 1. The molecule has 0 aromatic carbocycles. The predicted molar refractivity (Wildman–Crippen MR) is 93.0 cm³/mol. The van der Waals surface area contributed by atoms with Crippen LogP contribution in [0.1, 0.15) is 58.7 Å². The van der Waals surface area contributed by atoms with E-state index in [1.54, 1.807) is 11.9 Å². The van der Waals surface area contributed by atoms with Crippen LogP contribution in [0.4, 0.5) is 4.79 Å². The Morgan fingerprint density at radius 3 is 2.71 bits per heavy atom. The number of carbonyl (C=O) groups is 1. The van der Waals surface area contributed by atoms with Gasteiger partial charge in [-0.2, -0.15) is 4.98 Å². The average Bonchev–Trinajstić information content (AvgIpc) is 3.12. The van der Waals surface area contributed by atoms with Crippen molar-refractivity contribution in [1.29, 1.82) is 0 Å². The highest BCUT2D eigenvalue weighted by atomic mass is 16.5. The SMILES string of the molecule is CC(C)c1nc(CCN(C)C(=O)NC2CCN(C(C)(C)C)C2)no1. The van der Waals surface area contributed by atoms with Crippen molar-refractivity contribution in [3.8, 4) is 0 Å². The zero-order chi connectivity index (χ0) is 17.9. The van der Waals surface area contributed by atoms with Gasteiger partial charge in [0.2, 0.25) is 5.89 Å². The molecule has 0 aliphatic carbocycles. The highest BCUT2D eigenvalue weighted by Gasteiger charge is 2.31. The number of likely N-dealkylation sites (N-methyl/N-ethyl adjacent to an activating group) is 1. The van der Waals surface area contributed by atoms with E-state index in [2.05, 4.69) is 41.1 Å². The van der Waals surface area contributed by atoms with Crippen LogP contribution in [0, 0.1) is 0 Å². The smallest absolute Gasteiger partial charge is 0.317 e. The molecule has 136 valence electrons. The molecule has 2 heterocycles. The number of rotatable bonds is 5.